The van der Waals surface area contributed by atoms with E-state index in [9.17, 15) is 0 Å². The molecular weight excluding hydrogens is 140 g/mol. The molecule has 0 spiro atoms. The molecule has 2 heterocycles. The highest BCUT2D eigenvalue weighted by molar-refractivity contribution is 5.27. The first-order valence-corrected chi connectivity index (χ1v) is 3.53. The van der Waals surface area contributed by atoms with E-state index in [1.807, 2.05) is 10.6 Å². The lowest BCUT2D eigenvalue weighted by Crippen LogP contribution is -1.86. The van der Waals surface area contributed by atoms with E-state index in [0.717, 1.165) is 17.9 Å². The van der Waals surface area contributed by atoms with Gasteiger partial charge in [0.25, 0.3) is 0 Å². The first-order valence-electron chi connectivity index (χ1n) is 3.53. The second-order valence-electron chi connectivity index (χ2n) is 2.30. The van der Waals surface area contributed by atoms with Crippen LogP contribution in [-0.4, -0.2) is 19.4 Å². The molecule has 4 heteroatoms. The van der Waals surface area contributed by atoms with Crippen molar-refractivity contribution in [2.24, 2.45) is 0 Å². The van der Waals surface area contributed by atoms with E-state index >= 15 is 0 Å². The summed E-state index contributed by atoms with van der Waals surface area (Å²) in [4.78, 5) is 12.1. The normalized spacial score (nSPS) is 10.6. The quantitative estimate of drug-likeness (QED) is 0.597. The molecule has 4 nitrogen and oxygen atoms in total. The molecule has 2 rings (SSSR count). The fourth-order valence-corrected chi connectivity index (χ4v) is 0.971. The predicted octanol–water partition coefficient (Wildman–Crippen LogP) is 0.687. The maximum atomic E-state index is 4.24. The molecule has 0 aromatic carbocycles. The molecular formula is C7H8N4. The Morgan fingerprint density at radius 2 is 2.45 bits per heavy atom. The molecule has 0 atom stereocenters. The molecule has 0 aliphatic rings. The van der Waals surface area contributed by atoms with Gasteiger partial charge in [-0.3, -0.25) is 4.40 Å². The number of hydrogen-bond donors (Lipinski definition) is 0. The van der Waals surface area contributed by atoms with Gasteiger partial charge in [-0.15, -0.1) is 0 Å². The number of nitrogens with zero attached hydrogens (tertiary/aromatic N) is 4. The number of aryl methyl sites for hydroxylation is 1. The van der Waals surface area contributed by atoms with E-state index in [0.29, 0.717) is 0 Å². The maximum Gasteiger partial charge on any atom is 0.236 e. The van der Waals surface area contributed by atoms with Gasteiger partial charge < -0.3 is 0 Å². The predicted molar refractivity (Wildman–Crippen MR) is 40.2 cm³/mol. The summed E-state index contributed by atoms with van der Waals surface area (Å²) in [6, 6.07) is 0. The van der Waals surface area contributed by atoms with Crippen molar-refractivity contribution < 1.29 is 0 Å². The zero-order valence-corrected chi connectivity index (χ0v) is 6.23. The van der Waals surface area contributed by atoms with E-state index in [-0.39, 0.29) is 0 Å². The summed E-state index contributed by atoms with van der Waals surface area (Å²) in [5.74, 6) is 0.719. The zero-order chi connectivity index (χ0) is 7.68. The van der Waals surface area contributed by atoms with Crippen LogP contribution in [0.2, 0.25) is 0 Å². The number of rotatable bonds is 1. The molecule has 0 unspecified atom stereocenters. The van der Waals surface area contributed by atoms with Crippen LogP contribution in [0.15, 0.2) is 18.9 Å². The van der Waals surface area contributed by atoms with E-state index in [2.05, 4.69) is 21.9 Å². The fraction of sp³-hybridized carbons (Fsp3) is 0.286. The summed E-state index contributed by atoms with van der Waals surface area (Å²) in [5.41, 5.74) is 1.05. The molecule has 2 aromatic rings. The maximum absolute atomic E-state index is 4.24. The van der Waals surface area contributed by atoms with Gasteiger partial charge >= 0.3 is 0 Å². The molecule has 11 heavy (non-hydrogen) atoms. The van der Waals surface area contributed by atoms with Crippen LogP contribution >= 0.6 is 0 Å². The van der Waals surface area contributed by atoms with Crippen LogP contribution in [0.1, 0.15) is 12.6 Å². The Balaban J connectivity index is 2.69. The van der Waals surface area contributed by atoms with Crippen molar-refractivity contribution in [2.45, 2.75) is 13.3 Å². The van der Waals surface area contributed by atoms with E-state index in [1.54, 1.807) is 6.33 Å². The number of fused-ring (bicyclic) bond motifs is 1. The van der Waals surface area contributed by atoms with Gasteiger partial charge in [0.05, 0.1) is 5.69 Å². The second-order valence-corrected chi connectivity index (χ2v) is 2.30. The third kappa shape index (κ3) is 0.960. The fourth-order valence-electron chi connectivity index (χ4n) is 0.971. The number of imidazole rings is 1. The van der Waals surface area contributed by atoms with Gasteiger partial charge in [-0.1, -0.05) is 6.92 Å². The van der Waals surface area contributed by atoms with Crippen molar-refractivity contribution >= 4 is 5.78 Å². The smallest absolute Gasteiger partial charge is 0.236 e. The average molecular weight is 148 g/mol. The lowest BCUT2D eigenvalue weighted by atomic mass is 10.4. The molecule has 0 saturated carbocycles. The molecule has 0 aliphatic heterocycles. The summed E-state index contributed by atoms with van der Waals surface area (Å²) < 4.78 is 1.82. The van der Waals surface area contributed by atoms with Crippen molar-refractivity contribution in [1.29, 1.82) is 0 Å². The van der Waals surface area contributed by atoms with Gasteiger partial charge in [-0.2, -0.15) is 0 Å². The van der Waals surface area contributed by atoms with Crippen molar-refractivity contribution in [3.8, 4) is 0 Å². The highest BCUT2D eigenvalue weighted by Gasteiger charge is 1.97. The lowest BCUT2D eigenvalue weighted by molar-refractivity contribution is 1.01. The van der Waals surface area contributed by atoms with E-state index in [1.165, 1.54) is 6.33 Å². The zero-order valence-electron chi connectivity index (χ0n) is 6.23. The molecule has 0 fully saturated rings. The Bertz CT molecular complexity index is 332. The van der Waals surface area contributed by atoms with Crippen molar-refractivity contribution in [2.75, 3.05) is 0 Å². The number of aromatic nitrogens is 4. The van der Waals surface area contributed by atoms with Crippen molar-refractivity contribution in [3.63, 3.8) is 0 Å². The third-order valence-electron chi connectivity index (χ3n) is 1.56. The number of hydrogen-bond acceptors (Lipinski definition) is 3. The minimum absolute atomic E-state index is 0.719. The largest absolute Gasteiger partial charge is 0.274 e. The second kappa shape index (κ2) is 2.30. The molecule has 0 radical (unpaired) electrons. The van der Waals surface area contributed by atoms with Crippen LogP contribution in [0.4, 0.5) is 0 Å². The van der Waals surface area contributed by atoms with Crippen LogP contribution in [0.3, 0.4) is 0 Å². The molecule has 0 amide bonds. The van der Waals surface area contributed by atoms with E-state index < -0.39 is 0 Å². The summed E-state index contributed by atoms with van der Waals surface area (Å²) in [7, 11) is 0. The molecule has 2 aromatic heterocycles. The van der Waals surface area contributed by atoms with E-state index in [4.69, 9.17) is 0 Å². The highest BCUT2D eigenvalue weighted by atomic mass is 15.1. The summed E-state index contributed by atoms with van der Waals surface area (Å²) in [6.45, 7) is 2.06. The van der Waals surface area contributed by atoms with Crippen molar-refractivity contribution in [1.82, 2.24) is 19.4 Å². The first kappa shape index (κ1) is 6.27. The topological polar surface area (TPSA) is 43.1 Å². The summed E-state index contributed by atoms with van der Waals surface area (Å²) in [5, 5.41) is 0. The Hall–Kier alpha value is -1.45. The third-order valence-corrected chi connectivity index (χ3v) is 1.56. The summed E-state index contributed by atoms with van der Waals surface area (Å²) in [6.07, 6.45) is 6.08. The molecule has 0 N–H and O–H groups in total. The van der Waals surface area contributed by atoms with Gasteiger partial charge in [0.1, 0.15) is 12.7 Å². The SMILES string of the molecule is CCc1cn2cncnc2n1. The Morgan fingerprint density at radius 3 is 3.18 bits per heavy atom. The molecule has 0 saturated heterocycles. The summed E-state index contributed by atoms with van der Waals surface area (Å²) >= 11 is 0. The van der Waals surface area contributed by atoms with Gasteiger partial charge in [0.2, 0.25) is 5.78 Å². The first-order chi connectivity index (χ1) is 5.40. The monoisotopic (exact) mass is 148 g/mol. The highest BCUT2D eigenvalue weighted by Crippen LogP contribution is 1.99. The Kier molecular flexibility index (Phi) is 1.31. The van der Waals surface area contributed by atoms with Crippen molar-refractivity contribution in [3.05, 3.63) is 24.5 Å². The van der Waals surface area contributed by atoms with Crippen LogP contribution in [-0.2, 0) is 6.42 Å². The minimum atomic E-state index is 0.719. The van der Waals surface area contributed by atoms with Gasteiger partial charge in [0, 0.05) is 6.20 Å². The Morgan fingerprint density at radius 1 is 1.55 bits per heavy atom. The van der Waals surface area contributed by atoms with Crippen LogP contribution < -0.4 is 0 Å². The molecule has 0 bridgehead atoms. The Labute approximate surface area is 63.9 Å². The van der Waals surface area contributed by atoms with Gasteiger partial charge in [-0.25, -0.2) is 15.0 Å². The average Bonchev–Trinajstić information content (AvgIpc) is 2.46. The molecule has 56 valence electrons. The van der Waals surface area contributed by atoms with Crippen LogP contribution in [0.5, 0.6) is 0 Å². The minimum Gasteiger partial charge on any atom is -0.274 e. The lowest BCUT2D eigenvalue weighted by Gasteiger charge is -1.84. The molecule has 0 aliphatic carbocycles. The standard InChI is InChI=1S/C7H8N4/c1-2-6-3-11-5-8-4-9-7(11)10-6/h3-5H,2H2,1H3. The van der Waals surface area contributed by atoms with Crippen LogP contribution in [0.25, 0.3) is 5.78 Å². The van der Waals surface area contributed by atoms with Crippen LogP contribution in [0, 0.1) is 0 Å². The van der Waals surface area contributed by atoms with Gasteiger partial charge in [-0.05, 0) is 6.42 Å². The van der Waals surface area contributed by atoms with Gasteiger partial charge in [0.15, 0.2) is 0 Å².